The molecule has 0 radical (unpaired) electrons. The van der Waals surface area contributed by atoms with Crippen LogP contribution in [-0.4, -0.2) is 31.7 Å². The van der Waals surface area contributed by atoms with Gasteiger partial charge in [-0.2, -0.15) is 0 Å². The first-order chi connectivity index (χ1) is 8.19. The molecule has 94 valence electrons. The van der Waals surface area contributed by atoms with Gasteiger partial charge < -0.3 is 9.64 Å². The van der Waals surface area contributed by atoms with Crippen molar-refractivity contribution in [2.75, 3.05) is 25.6 Å². The Labute approximate surface area is 103 Å². The molecule has 17 heavy (non-hydrogen) atoms. The highest BCUT2D eigenvalue weighted by Crippen LogP contribution is 2.12. The molecular formula is C13H20N2O2. The number of unbranched alkanes of at least 4 members (excludes halogenated alkanes) is 2. The predicted molar refractivity (Wildman–Crippen MR) is 68.4 cm³/mol. The summed E-state index contributed by atoms with van der Waals surface area (Å²) in [7, 11) is 3.37. The first kappa shape index (κ1) is 13.5. The molecule has 0 amide bonds. The first-order valence-corrected chi connectivity index (χ1v) is 5.94. The monoisotopic (exact) mass is 236 g/mol. The quantitative estimate of drug-likeness (QED) is 0.562. The summed E-state index contributed by atoms with van der Waals surface area (Å²) in [4.78, 5) is 17.7. The van der Waals surface area contributed by atoms with Crippen LogP contribution in [0.4, 0.5) is 5.82 Å². The van der Waals surface area contributed by atoms with Gasteiger partial charge in [0.05, 0.1) is 12.7 Å². The van der Waals surface area contributed by atoms with Crippen molar-refractivity contribution in [2.24, 2.45) is 0 Å². The van der Waals surface area contributed by atoms with Crippen molar-refractivity contribution in [1.29, 1.82) is 0 Å². The van der Waals surface area contributed by atoms with Crippen molar-refractivity contribution in [1.82, 2.24) is 4.98 Å². The fourth-order valence-electron chi connectivity index (χ4n) is 1.59. The van der Waals surface area contributed by atoms with Crippen LogP contribution in [0, 0.1) is 0 Å². The van der Waals surface area contributed by atoms with Gasteiger partial charge in [0.2, 0.25) is 0 Å². The molecule has 0 saturated carbocycles. The Morgan fingerprint density at radius 3 is 2.88 bits per heavy atom. The largest absolute Gasteiger partial charge is 0.465 e. The Hall–Kier alpha value is -1.58. The molecule has 0 aliphatic carbocycles. The summed E-state index contributed by atoms with van der Waals surface area (Å²) in [5, 5.41) is 0. The standard InChI is InChI=1S/C13H20N2O2/c1-4-5-6-9-15(2)12-10-11(7-8-14-12)13(16)17-3/h7-8,10H,4-6,9H2,1-3H3. The topological polar surface area (TPSA) is 42.4 Å². The molecule has 0 N–H and O–H groups in total. The van der Waals surface area contributed by atoms with E-state index < -0.39 is 0 Å². The van der Waals surface area contributed by atoms with E-state index in [4.69, 9.17) is 0 Å². The molecule has 1 heterocycles. The SMILES string of the molecule is CCCCCN(C)c1cc(C(=O)OC)ccn1. The van der Waals surface area contributed by atoms with Crippen LogP contribution < -0.4 is 4.90 Å². The van der Waals surface area contributed by atoms with Crippen molar-refractivity contribution >= 4 is 11.8 Å². The molecule has 0 bridgehead atoms. The van der Waals surface area contributed by atoms with Crippen molar-refractivity contribution in [3.05, 3.63) is 23.9 Å². The molecule has 0 saturated heterocycles. The summed E-state index contributed by atoms with van der Waals surface area (Å²) in [6, 6.07) is 3.42. The van der Waals surface area contributed by atoms with Gasteiger partial charge in [0.25, 0.3) is 0 Å². The maximum atomic E-state index is 11.4. The summed E-state index contributed by atoms with van der Waals surface area (Å²) < 4.78 is 4.68. The summed E-state index contributed by atoms with van der Waals surface area (Å²) in [5.41, 5.74) is 0.542. The van der Waals surface area contributed by atoms with E-state index in [1.54, 1.807) is 18.3 Å². The third-order valence-corrected chi connectivity index (χ3v) is 2.65. The van der Waals surface area contributed by atoms with E-state index in [1.165, 1.54) is 20.0 Å². The molecule has 0 unspecified atom stereocenters. The van der Waals surface area contributed by atoms with Crippen LogP contribution in [0.1, 0.15) is 36.5 Å². The Balaban J connectivity index is 2.67. The molecule has 0 aromatic carbocycles. The van der Waals surface area contributed by atoms with Gasteiger partial charge in [-0.15, -0.1) is 0 Å². The van der Waals surface area contributed by atoms with E-state index in [0.29, 0.717) is 5.56 Å². The van der Waals surface area contributed by atoms with Crippen LogP contribution in [-0.2, 0) is 4.74 Å². The molecule has 0 aliphatic rings. The summed E-state index contributed by atoms with van der Waals surface area (Å²) in [5.74, 6) is 0.486. The average molecular weight is 236 g/mol. The second kappa shape index (κ2) is 6.89. The van der Waals surface area contributed by atoms with Gasteiger partial charge in [-0.1, -0.05) is 19.8 Å². The van der Waals surface area contributed by atoms with Gasteiger partial charge in [0.1, 0.15) is 5.82 Å². The van der Waals surface area contributed by atoms with E-state index in [1.807, 2.05) is 7.05 Å². The van der Waals surface area contributed by atoms with E-state index in [-0.39, 0.29) is 5.97 Å². The smallest absolute Gasteiger partial charge is 0.338 e. The molecule has 0 spiro atoms. The summed E-state index contributed by atoms with van der Waals surface area (Å²) in [6.45, 7) is 3.13. The Morgan fingerprint density at radius 1 is 1.47 bits per heavy atom. The normalized spacial score (nSPS) is 10.1. The number of esters is 1. The number of methoxy groups -OCH3 is 1. The van der Waals surface area contributed by atoms with Gasteiger partial charge in [0, 0.05) is 19.8 Å². The van der Waals surface area contributed by atoms with E-state index in [0.717, 1.165) is 18.8 Å². The fraction of sp³-hybridized carbons (Fsp3) is 0.538. The maximum Gasteiger partial charge on any atom is 0.338 e. The first-order valence-electron chi connectivity index (χ1n) is 5.94. The maximum absolute atomic E-state index is 11.4. The molecule has 4 nitrogen and oxygen atoms in total. The third-order valence-electron chi connectivity index (χ3n) is 2.65. The van der Waals surface area contributed by atoms with Gasteiger partial charge in [-0.05, 0) is 18.6 Å². The third kappa shape index (κ3) is 4.06. The lowest BCUT2D eigenvalue weighted by molar-refractivity contribution is 0.0600. The Morgan fingerprint density at radius 2 is 2.24 bits per heavy atom. The van der Waals surface area contributed by atoms with Gasteiger partial charge in [-0.25, -0.2) is 9.78 Å². The van der Waals surface area contributed by atoms with Crippen molar-refractivity contribution < 1.29 is 9.53 Å². The van der Waals surface area contributed by atoms with Crippen LogP contribution in [0.5, 0.6) is 0 Å². The second-order valence-corrected chi connectivity index (χ2v) is 4.02. The Bertz CT molecular complexity index is 366. The van der Waals surface area contributed by atoms with Crippen LogP contribution >= 0.6 is 0 Å². The highest BCUT2D eigenvalue weighted by atomic mass is 16.5. The molecule has 1 aromatic rings. The number of carbonyl (C=O) groups excluding carboxylic acids is 1. The highest BCUT2D eigenvalue weighted by Gasteiger charge is 2.08. The lowest BCUT2D eigenvalue weighted by Crippen LogP contribution is -2.20. The minimum atomic E-state index is -0.324. The zero-order chi connectivity index (χ0) is 12.7. The van der Waals surface area contributed by atoms with Gasteiger partial charge in [0.15, 0.2) is 0 Å². The molecule has 1 aromatic heterocycles. The fourth-order valence-corrected chi connectivity index (χ4v) is 1.59. The molecule has 0 aliphatic heterocycles. The minimum Gasteiger partial charge on any atom is -0.465 e. The number of rotatable bonds is 6. The Kier molecular flexibility index (Phi) is 5.46. The van der Waals surface area contributed by atoms with Crippen molar-refractivity contribution in [3.8, 4) is 0 Å². The molecule has 0 fully saturated rings. The van der Waals surface area contributed by atoms with E-state index in [9.17, 15) is 4.79 Å². The highest BCUT2D eigenvalue weighted by molar-refractivity contribution is 5.90. The molecule has 4 heteroatoms. The molecule has 0 atom stereocenters. The van der Waals surface area contributed by atoms with Crippen LogP contribution in [0.3, 0.4) is 0 Å². The van der Waals surface area contributed by atoms with Crippen LogP contribution in [0.2, 0.25) is 0 Å². The van der Waals surface area contributed by atoms with Crippen molar-refractivity contribution in [2.45, 2.75) is 26.2 Å². The number of nitrogens with zero attached hydrogens (tertiary/aromatic N) is 2. The molecule has 1 rings (SSSR count). The minimum absolute atomic E-state index is 0.324. The van der Waals surface area contributed by atoms with E-state index >= 15 is 0 Å². The predicted octanol–water partition coefficient (Wildman–Crippen LogP) is 2.49. The number of anilines is 1. The van der Waals surface area contributed by atoms with Crippen LogP contribution in [0.15, 0.2) is 18.3 Å². The second-order valence-electron chi connectivity index (χ2n) is 4.02. The number of hydrogen-bond donors (Lipinski definition) is 0. The average Bonchev–Trinajstić information content (AvgIpc) is 2.38. The van der Waals surface area contributed by atoms with Gasteiger partial charge in [-0.3, -0.25) is 0 Å². The summed E-state index contributed by atoms with van der Waals surface area (Å²) >= 11 is 0. The lowest BCUT2D eigenvalue weighted by atomic mass is 10.2. The van der Waals surface area contributed by atoms with Crippen molar-refractivity contribution in [3.63, 3.8) is 0 Å². The zero-order valence-electron chi connectivity index (χ0n) is 10.8. The van der Waals surface area contributed by atoms with Gasteiger partial charge >= 0.3 is 5.97 Å². The summed E-state index contributed by atoms with van der Waals surface area (Å²) in [6.07, 6.45) is 5.18. The zero-order valence-corrected chi connectivity index (χ0v) is 10.8. The number of hydrogen-bond acceptors (Lipinski definition) is 4. The van der Waals surface area contributed by atoms with Crippen LogP contribution in [0.25, 0.3) is 0 Å². The van der Waals surface area contributed by atoms with E-state index in [2.05, 4.69) is 21.5 Å². The molecular weight excluding hydrogens is 216 g/mol. The number of pyridine rings is 1. The lowest BCUT2D eigenvalue weighted by Gasteiger charge is -2.18. The number of aromatic nitrogens is 1. The number of carbonyl (C=O) groups is 1. The number of ether oxygens (including phenoxy) is 1.